The van der Waals surface area contributed by atoms with E-state index in [4.69, 9.17) is 0 Å². The molecule has 1 rings (SSSR count). The first-order chi connectivity index (χ1) is 6.19. The molecule has 0 radical (unpaired) electrons. The van der Waals surface area contributed by atoms with Gasteiger partial charge in [-0.1, -0.05) is 20.3 Å². The van der Waals surface area contributed by atoms with Gasteiger partial charge in [0.1, 0.15) is 5.82 Å². The molecule has 1 heterocycles. The third-order valence-electron chi connectivity index (χ3n) is 1.88. The SMILES string of the molecule is CCCc1c(O)nc(CC)[nH]c1=O. The summed E-state index contributed by atoms with van der Waals surface area (Å²) in [5, 5.41) is 9.40. The standard InChI is InChI=1S/C9H14N2O2/c1-3-5-6-8(12)10-7(4-2)11-9(6)13/h3-5H2,1-2H3,(H2,10,11,12,13). The molecule has 0 bridgehead atoms. The zero-order valence-corrected chi connectivity index (χ0v) is 7.92. The lowest BCUT2D eigenvalue weighted by Crippen LogP contribution is -2.16. The van der Waals surface area contributed by atoms with Crippen LogP contribution in [-0.4, -0.2) is 15.1 Å². The first-order valence-electron chi connectivity index (χ1n) is 4.50. The highest BCUT2D eigenvalue weighted by molar-refractivity contribution is 5.22. The number of H-pyrrole nitrogens is 1. The van der Waals surface area contributed by atoms with Gasteiger partial charge in [0.2, 0.25) is 5.88 Å². The molecule has 4 heteroatoms. The number of aromatic hydroxyl groups is 1. The van der Waals surface area contributed by atoms with E-state index in [9.17, 15) is 9.90 Å². The summed E-state index contributed by atoms with van der Waals surface area (Å²) in [6.45, 7) is 3.82. The second-order valence-electron chi connectivity index (χ2n) is 2.92. The van der Waals surface area contributed by atoms with Crippen LogP contribution in [0, 0.1) is 0 Å². The van der Waals surface area contributed by atoms with Gasteiger partial charge in [-0.25, -0.2) is 4.98 Å². The fourth-order valence-electron chi connectivity index (χ4n) is 1.17. The third-order valence-corrected chi connectivity index (χ3v) is 1.88. The van der Waals surface area contributed by atoms with Gasteiger partial charge in [-0.15, -0.1) is 0 Å². The number of nitrogens with zero attached hydrogens (tertiary/aromatic N) is 1. The minimum Gasteiger partial charge on any atom is -0.493 e. The molecule has 0 fully saturated rings. The molecule has 2 N–H and O–H groups in total. The Morgan fingerprint density at radius 3 is 2.62 bits per heavy atom. The van der Waals surface area contributed by atoms with Crippen LogP contribution in [0.2, 0.25) is 0 Å². The summed E-state index contributed by atoms with van der Waals surface area (Å²) >= 11 is 0. The van der Waals surface area contributed by atoms with E-state index < -0.39 is 0 Å². The monoisotopic (exact) mass is 182 g/mol. The molecule has 0 aliphatic heterocycles. The highest BCUT2D eigenvalue weighted by Crippen LogP contribution is 2.10. The van der Waals surface area contributed by atoms with Crippen molar-refractivity contribution in [3.8, 4) is 5.88 Å². The van der Waals surface area contributed by atoms with E-state index in [1.807, 2.05) is 13.8 Å². The molecule has 0 atom stereocenters. The van der Waals surface area contributed by atoms with Gasteiger partial charge in [-0.2, -0.15) is 0 Å². The molecule has 0 aromatic carbocycles. The molecule has 4 nitrogen and oxygen atoms in total. The van der Waals surface area contributed by atoms with Crippen molar-refractivity contribution in [3.05, 3.63) is 21.7 Å². The van der Waals surface area contributed by atoms with Gasteiger partial charge in [0.15, 0.2) is 0 Å². The lowest BCUT2D eigenvalue weighted by Gasteiger charge is -2.02. The Kier molecular flexibility index (Phi) is 3.06. The Morgan fingerprint density at radius 1 is 1.46 bits per heavy atom. The third kappa shape index (κ3) is 2.08. The summed E-state index contributed by atoms with van der Waals surface area (Å²) in [5.74, 6) is 0.407. The molecule has 0 saturated carbocycles. The number of aromatic amines is 1. The van der Waals surface area contributed by atoms with Crippen LogP contribution in [0.25, 0.3) is 0 Å². The van der Waals surface area contributed by atoms with Crippen molar-refractivity contribution in [2.24, 2.45) is 0 Å². The van der Waals surface area contributed by atoms with Crippen molar-refractivity contribution < 1.29 is 5.11 Å². The van der Waals surface area contributed by atoms with Gasteiger partial charge in [-0.3, -0.25) is 4.79 Å². The van der Waals surface area contributed by atoms with Gasteiger partial charge in [0, 0.05) is 6.42 Å². The molecule has 1 aromatic rings. The predicted octanol–water partition coefficient (Wildman–Crippen LogP) is 0.990. The van der Waals surface area contributed by atoms with Gasteiger partial charge >= 0.3 is 0 Å². The molecule has 0 aliphatic rings. The fraction of sp³-hybridized carbons (Fsp3) is 0.556. The molecule has 0 amide bonds. The maximum Gasteiger partial charge on any atom is 0.257 e. The topological polar surface area (TPSA) is 66.0 Å². The molecule has 0 aliphatic carbocycles. The van der Waals surface area contributed by atoms with E-state index in [1.54, 1.807) is 0 Å². The highest BCUT2D eigenvalue weighted by Gasteiger charge is 2.08. The van der Waals surface area contributed by atoms with Crippen molar-refractivity contribution in [2.75, 3.05) is 0 Å². The van der Waals surface area contributed by atoms with E-state index in [-0.39, 0.29) is 11.4 Å². The number of aryl methyl sites for hydroxylation is 1. The summed E-state index contributed by atoms with van der Waals surface area (Å²) in [7, 11) is 0. The Bertz CT molecular complexity index is 344. The van der Waals surface area contributed by atoms with Crippen LogP contribution in [0.4, 0.5) is 0 Å². The summed E-state index contributed by atoms with van der Waals surface area (Å²) in [6, 6.07) is 0. The van der Waals surface area contributed by atoms with Crippen molar-refractivity contribution in [1.82, 2.24) is 9.97 Å². The fourth-order valence-corrected chi connectivity index (χ4v) is 1.17. The smallest absolute Gasteiger partial charge is 0.257 e. The molecule has 13 heavy (non-hydrogen) atoms. The summed E-state index contributed by atoms with van der Waals surface area (Å²) < 4.78 is 0. The summed E-state index contributed by atoms with van der Waals surface area (Å²) in [5.41, 5.74) is 0.172. The van der Waals surface area contributed by atoms with E-state index in [1.165, 1.54) is 0 Å². The Labute approximate surface area is 76.7 Å². The summed E-state index contributed by atoms with van der Waals surface area (Å²) in [4.78, 5) is 17.8. The Balaban J connectivity index is 3.15. The second-order valence-corrected chi connectivity index (χ2v) is 2.92. The van der Waals surface area contributed by atoms with E-state index in [0.717, 1.165) is 6.42 Å². The highest BCUT2D eigenvalue weighted by atomic mass is 16.3. The van der Waals surface area contributed by atoms with Crippen LogP contribution in [0.15, 0.2) is 4.79 Å². The predicted molar refractivity (Wildman–Crippen MR) is 49.9 cm³/mol. The first-order valence-corrected chi connectivity index (χ1v) is 4.50. The summed E-state index contributed by atoms with van der Waals surface area (Å²) in [6.07, 6.45) is 2.01. The average molecular weight is 182 g/mol. The molecule has 0 unspecified atom stereocenters. The molecule has 0 saturated heterocycles. The molecular weight excluding hydrogens is 168 g/mol. The maximum absolute atomic E-state index is 11.4. The van der Waals surface area contributed by atoms with Crippen LogP contribution >= 0.6 is 0 Å². The lowest BCUT2D eigenvalue weighted by molar-refractivity contribution is 0.439. The average Bonchev–Trinajstić information content (AvgIpc) is 2.11. The molecule has 72 valence electrons. The van der Waals surface area contributed by atoms with Gasteiger partial charge < -0.3 is 10.1 Å². The largest absolute Gasteiger partial charge is 0.493 e. The van der Waals surface area contributed by atoms with Crippen LogP contribution in [0.1, 0.15) is 31.7 Å². The van der Waals surface area contributed by atoms with Crippen LogP contribution in [-0.2, 0) is 12.8 Å². The van der Waals surface area contributed by atoms with Crippen molar-refractivity contribution >= 4 is 0 Å². The molecule has 0 spiro atoms. The Hall–Kier alpha value is -1.32. The number of hydrogen-bond donors (Lipinski definition) is 2. The molecular formula is C9H14N2O2. The minimum atomic E-state index is -0.216. The van der Waals surface area contributed by atoms with E-state index in [2.05, 4.69) is 9.97 Å². The Morgan fingerprint density at radius 2 is 2.15 bits per heavy atom. The number of rotatable bonds is 3. The zero-order valence-electron chi connectivity index (χ0n) is 7.92. The van der Waals surface area contributed by atoms with Crippen LogP contribution in [0.5, 0.6) is 5.88 Å². The van der Waals surface area contributed by atoms with Crippen molar-refractivity contribution in [2.45, 2.75) is 33.1 Å². The van der Waals surface area contributed by atoms with Crippen LogP contribution in [0.3, 0.4) is 0 Å². The van der Waals surface area contributed by atoms with Gasteiger partial charge in [0.25, 0.3) is 5.56 Å². The van der Waals surface area contributed by atoms with Crippen molar-refractivity contribution in [3.63, 3.8) is 0 Å². The van der Waals surface area contributed by atoms with Crippen molar-refractivity contribution in [1.29, 1.82) is 0 Å². The van der Waals surface area contributed by atoms with E-state index >= 15 is 0 Å². The normalized spacial score (nSPS) is 10.3. The quantitative estimate of drug-likeness (QED) is 0.732. The lowest BCUT2D eigenvalue weighted by atomic mass is 10.2. The first kappa shape index (κ1) is 9.77. The van der Waals surface area contributed by atoms with Crippen LogP contribution < -0.4 is 5.56 Å². The molecule has 1 aromatic heterocycles. The minimum absolute atomic E-state index is 0.123. The maximum atomic E-state index is 11.4. The van der Waals surface area contributed by atoms with E-state index in [0.29, 0.717) is 24.2 Å². The zero-order chi connectivity index (χ0) is 9.84. The number of nitrogens with one attached hydrogen (secondary N) is 1. The number of hydrogen-bond acceptors (Lipinski definition) is 3. The number of aromatic nitrogens is 2. The van der Waals surface area contributed by atoms with Gasteiger partial charge in [-0.05, 0) is 6.42 Å². The second kappa shape index (κ2) is 4.07. The van der Waals surface area contributed by atoms with Gasteiger partial charge in [0.05, 0.1) is 5.56 Å².